The summed E-state index contributed by atoms with van der Waals surface area (Å²) in [6.45, 7) is 3.82. The third-order valence-electron chi connectivity index (χ3n) is 3.53. The summed E-state index contributed by atoms with van der Waals surface area (Å²) in [7, 11) is 1.61. The second-order valence-corrected chi connectivity index (χ2v) is 5.10. The van der Waals surface area contributed by atoms with Crippen LogP contribution < -0.4 is 15.2 Å². The monoisotopic (exact) mass is 299 g/mol. The van der Waals surface area contributed by atoms with Crippen molar-refractivity contribution in [3.63, 3.8) is 0 Å². The van der Waals surface area contributed by atoms with Gasteiger partial charge in [-0.3, -0.25) is 4.79 Å². The highest BCUT2D eigenvalue weighted by atomic mass is 16.5. The molecule has 4 nitrogen and oxygen atoms in total. The number of nitrogens with two attached hydrogens (primary N) is 1. The number of Topliss-reactive ketones (excluding diaryl/α,β-unsaturated/α-hetero) is 1. The van der Waals surface area contributed by atoms with Crippen LogP contribution in [0.15, 0.2) is 42.5 Å². The Bertz CT molecular complexity index is 667. The molecule has 1 atom stereocenters. The molecule has 4 heteroatoms. The average Bonchev–Trinajstić information content (AvgIpc) is 2.53. The van der Waals surface area contributed by atoms with E-state index in [1.165, 1.54) is 0 Å². The maximum absolute atomic E-state index is 12.6. The SMILES string of the molecule is CCC(Oc1ccccc1N)C(=O)c1ccc(OC)c(C)c1. The Hall–Kier alpha value is -2.49. The molecule has 116 valence electrons. The second kappa shape index (κ2) is 6.98. The molecule has 0 heterocycles. The van der Waals surface area contributed by atoms with Gasteiger partial charge in [-0.25, -0.2) is 0 Å². The Morgan fingerprint density at radius 1 is 1.18 bits per heavy atom. The van der Waals surface area contributed by atoms with E-state index < -0.39 is 6.10 Å². The van der Waals surface area contributed by atoms with E-state index in [-0.39, 0.29) is 5.78 Å². The summed E-state index contributed by atoms with van der Waals surface area (Å²) in [6, 6.07) is 12.6. The predicted molar refractivity (Wildman–Crippen MR) is 87.6 cm³/mol. The maximum atomic E-state index is 12.6. The van der Waals surface area contributed by atoms with Gasteiger partial charge in [-0.1, -0.05) is 19.1 Å². The first-order chi connectivity index (χ1) is 10.6. The number of hydrogen-bond acceptors (Lipinski definition) is 4. The van der Waals surface area contributed by atoms with E-state index >= 15 is 0 Å². The van der Waals surface area contributed by atoms with E-state index in [1.54, 1.807) is 31.4 Å². The first-order valence-electron chi connectivity index (χ1n) is 7.26. The molecule has 0 saturated carbocycles. The highest BCUT2D eigenvalue weighted by Crippen LogP contribution is 2.24. The van der Waals surface area contributed by atoms with Crippen LogP contribution in [-0.2, 0) is 0 Å². The van der Waals surface area contributed by atoms with E-state index in [2.05, 4.69) is 0 Å². The lowest BCUT2D eigenvalue weighted by atomic mass is 10.0. The molecule has 2 rings (SSSR count). The van der Waals surface area contributed by atoms with Crippen LogP contribution in [0.25, 0.3) is 0 Å². The summed E-state index contributed by atoms with van der Waals surface area (Å²) < 4.78 is 11.0. The van der Waals surface area contributed by atoms with Crippen molar-refractivity contribution in [2.24, 2.45) is 0 Å². The third kappa shape index (κ3) is 3.39. The van der Waals surface area contributed by atoms with E-state index in [0.717, 1.165) is 11.3 Å². The van der Waals surface area contributed by atoms with Crippen molar-refractivity contribution in [1.82, 2.24) is 0 Å². The minimum absolute atomic E-state index is 0.0588. The largest absolute Gasteiger partial charge is 0.496 e. The van der Waals surface area contributed by atoms with Crippen LogP contribution in [-0.4, -0.2) is 19.0 Å². The summed E-state index contributed by atoms with van der Waals surface area (Å²) in [4.78, 5) is 12.6. The van der Waals surface area contributed by atoms with Crippen molar-refractivity contribution in [3.8, 4) is 11.5 Å². The number of hydrogen-bond donors (Lipinski definition) is 1. The van der Waals surface area contributed by atoms with E-state index in [0.29, 0.717) is 23.4 Å². The fourth-order valence-corrected chi connectivity index (χ4v) is 2.28. The summed E-state index contributed by atoms with van der Waals surface area (Å²) in [5, 5.41) is 0. The van der Waals surface area contributed by atoms with Crippen molar-refractivity contribution in [2.45, 2.75) is 26.4 Å². The quantitative estimate of drug-likeness (QED) is 0.653. The molecule has 0 bridgehead atoms. The van der Waals surface area contributed by atoms with Crippen LogP contribution in [0.3, 0.4) is 0 Å². The fourth-order valence-electron chi connectivity index (χ4n) is 2.28. The fraction of sp³-hybridized carbons (Fsp3) is 0.278. The molecule has 0 saturated heterocycles. The van der Waals surface area contributed by atoms with Gasteiger partial charge < -0.3 is 15.2 Å². The van der Waals surface area contributed by atoms with Gasteiger partial charge in [0.15, 0.2) is 6.10 Å². The zero-order valence-electron chi connectivity index (χ0n) is 13.1. The number of carbonyl (C=O) groups excluding carboxylic acids is 1. The van der Waals surface area contributed by atoms with Crippen molar-refractivity contribution >= 4 is 11.5 Å². The molecule has 0 fully saturated rings. The molecule has 0 spiro atoms. The second-order valence-electron chi connectivity index (χ2n) is 5.10. The lowest BCUT2D eigenvalue weighted by molar-refractivity contribution is 0.0788. The Morgan fingerprint density at radius 2 is 1.91 bits per heavy atom. The molecule has 0 aliphatic rings. The highest BCUT2D eigenvalue weighted by molar-refractivity contribution is 6.00. The highest BCUT2D eigenvalue weighted by Gasteiger charge is 2.21. The zero-order chi connectivity index (χ0) is 16.1. The number of aryl methyl sites for hydroxylation is 1. The van der Waals surface area contributed by atoms with Crippen molar-refractivity contribution in [3.05, 3.63) is 53.6 Å². The molecule has 0 aliphatic carbocycles. The molecule has 0 amide bonds. The molecule has 2 aromatic rings. The van der Waals surface area contributed by atoms with Crippen LogP contribution >= 0.6 is 0 Å². The number of nitrogen functional groups attached to an aromatic ring is 1. The number of carbonyl (C=O) groups is 1. The topological polar surface area (TPSA) is 61.5 Å². The van der Waals surface area contributed by atoms with E-state index in [1.807, 2.05) is 32.0 Å². The summed E-state index contributed by atoms with van der Waals surface area (Å²) in [5.41, 5.74) is 7.93. The molecule has 1 unspecified atom stereocenters. The number of benzene rings is 2. The van der Waals surface area contributed by atoms with Crippen molar-refractivity contribution < 1.29 is 14.3 Å². The van der Waals surface area contributed by atoms with Crippen LogP contribution in [0.1, 0.15) is 29.3 Å². The molecule has 2 aromatic carbocycles. The average molecular weight is 299 g/mol. The Kier molecular flexibility index (Phi) is 5.04. The van der Waals surface area contributed by atoms with Gasteiger partial charge in [0.05, 0.1) is 12.8 Å². The number of rotatable bonds is 6. The summed E-state index contributed by atoms with van der Waals surface area (Å²) in [6.07, 6.45) is 0.00983. The van der Waals surface area contributed by atoms with Gasteiger partial charge >= 0.3 is 0 Å². The van der Waals surface area contributed by atoms with Crippen LogP contribution in [0.2, 0.25) is 0 Å². The predicted octanol–water partition coefficient (Wildman–Crippen LogP) is 3.63. The Balaban J connectivity index is 2.22. The number of ketones is 1. The molecule has 0 radical (unpaired) electrons. The first-order valence-corrected chi connectivity index (χ1v) is 7.26. The van der Waals surface area contributed by atoms with Crippen molar-refractivity contribution in [1.29, 1.82) is 0 Å². The van der Waals surface area contributed by atoms with Crippen molar-refractivity contribution in [2.75, 3.05) is 12.8 Å². The van der Waals surface area contributed by atoms with Gasteiger partial charge in [-0.2, -0.15) is 0 Å². The van der Waals surface area contributed by atoms with Crippen LogP contribution in [0.5, 0.6) is 11.5 Å². The van der Waals surface area contributed by atoms with Gasteiger partial charge in [-0.05, 0) is 49.2 Å². The molecular weight excluding hydrogens is 278 g/mol. The lowest BCUT2D eigenvalue weighted by Crippen LogP contribution is -2.27. The third-order valence-corrected chi connectivity index (χ3v) is 3.53. The Morgan fingerprint density at radius 3 is 2.50 bits per heavy atom. The molecular formula is C18H21NO3. The summed E-state index contributed by atoms with van der Waals surface area (Å²) >= 11 is 0. The van der Waals surface area contributed by atoms with Gasteiger partial charge in [0, 0.05) is 5.56 Å². The maximum Gasteiger partial charge on any atom is 0.203 e. The molecule has 0 aromatic heterocycles. The number of anilines is 1. The summed E-state index contributed by atoms with van der Waals surface area (Å²) in [5.74, 6) is 1.24. The van der Waals surface area contributed by atoms with Gasteiger partial charge in [0.1, 0.15) is 11.5 Å². The van der Waals surface area contributed by atoms with Gasteiger partial charge in [-0.15, -0.1) is 0 Å². The minimum atomic E-state index is -0.558. The smallest absolute Gasteiger partial charge is 0.203 e. The lowest BCUT2D eigenvalue weighted by Gasteiger charge is -2.18. The minimum Gasteiger partial charge on any atom is -0.496 e. The van der Waals surface area contributed by atoms with E-state index in [4.69, 9.17) is 15.2 Å². The molecule has 2 N–H and O–H groups in total. The van der Waals surface area contributed by atoms with E-state index in [9.17, 15) is 4.79 Å². The van der Waals surface area contributed by atoms with Gasteiger partial charge in [0.25, 0.3) is 0 Å². The van der Waals surface area contributed by atoms with Crippen LogP contribution in [0.4, 0.5) is 5.69 Å². The number of para-hydroxylation sites is 2. The normalized spacial score (nSPS) is 11.8. The number of ether oxygens (including phenoxy) is 2. The molecule has 22 heavy (non-hydrogen) atoms. The first kappa shape index (κ1) is 15.9. The zero-order valence-corrected chi connectivity index (χ0v) is 13.1. The molecule has 0 aliphatic heterocycles. The van der Waals surface area contributed by atoms with Crippen LogP contribution in [0, 0.1) is 6.92 Å². The standard InChI is InChI=1S/C18H21NO3/c1-4-15(22-17-8-6-5-7-14(17)19)18(20)13-9-10-16(21-3)12(2)11-13/h5-11,15H,4,19H2,1-3H3. The van der Waals surface area contributed by atoms with Gasteiger partial charge in [0.2, 0.25) is 5.78 Å². The number of methoxy groups -OCH3 is 1. The Labute approximate surface area is 130 Å².